The molecule has 2 rings (SSSR count). The van der Waals surface area contributed by atoms with Gasteiger partial charge in [-0.05, 0) is 19.0 Å². The average Bonchev–Trinajstić information content (AvgIpc) is 2.68. The van der Waals surface area contributed by atoms with E-state index < -0.39 is 29.9 Å². The van der Waals surface area contributed by atoms with E-state index in [1.807, 2.05) is 0 Å². The lowest BCUT2D eigenvalue weighted by Gasteiger charge is -2.22. The Balaban J connectivity index is 2.22. The van der Waals surface area contributed by atoms with Crippen LogP contribution in [-0.2, 0) is 17.5 Å². The monoisotopic (exact) mass is 303 g/mol. The van der Waals surface area contributed by atoms with Crippen molar-refractivity contribution in [3.05, 3.63) is 34.2 Å². The molecule has 0 aromatic carbocycles. The van der Waals surface area contributed by atoms with Crippen molar-refractivity contribution in [3.63, 3.8) is 0 Å². The number of nitrogens with zero attached hydrogens (tertiary/aromatic N) is 2. The van der Waals surface area contributed by atoms with Gasteiger partial charge < -0.3 is 10.2 Å². The Morgan fingerprint density at radius 1 is 1.24 bits per heavy atom. The minimum Gasteiger partial charge on any atom is -0.340 e. The summed E-state index contributed by atoms with van der Waals surface area (Å²) in [7, 11) is 0. The van der Waals surface area contributed by atoms with Crippen molar-refractivity contribution in [3.8, 4) is 0 Å². The van der Waals surface area contributed by atoms with Crippen LogP contribution in [0.25, 0.3) is 0 Å². The van der Waals surface area contributed by atoms with Gasteiger partial charge in [0, 0.05) is 25.7 Å². The van der Waals surface area contributed by atoms with Crippen LogP contribution in [0.2, 0.25) is 0 Å². The molecule has 2 heterocycles. The first kappa shape index (κ1) is 15.6. The zero-order chi connectivity index (χ0) is 15.5. The molecule has 0 unspecified atom stereocenters. The summed E-state index contributed by atoms with van der Waals surface area (Å²) in [6.45, 7) is 1.69. The van der Waals surface area contributed by atoms with Crippen molar-refractivity contribution in [2.45, 2.75) is 19.1 Å². The van der Waals surface area contributed by atoms with Crippen molar-refractivity contribution in [1.82, 2.24) is 14.8 Å². The van der Waals surface area contributed by atoms with Gasteiger partial charge in [-0.3, -0.25) is 14.2 Å². The van der Waals surface area contributed by atoms with Crippen LogP contribution in [0, 0.1) is 0 Å². The van der Waals surface area contributed by atoms with E-state index in [2.05, 4.69) is 5.32 Å². The molecule has 1 aromatic heterocycles. The van der Waals surface area contributed by atoms with E-state index in [1.54, 1.807) is 0 Å². The summed E-state index contributed by atoms with van der Waals surface area (Å²) in [4.78, 5) is 25.3. The molecular formula is C13H16F3N3O2. The normalized spacial score (nSPS) is 16.6. The maximum Gasteiger partial charge on any atom is 0.431 e. The van der Waals surface area contributed by atoms with Crippen LogP contribution in [0.1, 0.15) is 12.1 Å². The van der Waals surface area contributed by atoms with Gasteiger partial charge in [0.1, 0.15) is 12.2 Å². The molecule has 1 aliphatic heterocycles. The van der Waals surface area contributed by atoms with Gasteiger partial charge in [0.2, 0.25) is 5.91 Å². The highest BCUT2D eigenvalue weighted by Gasteiger charge is 2.34. The Kier molecular flexibility index (Phi) is 4.66. The summed E-state index contributed by atoms with van der Waals surface area (Å²) in [6.07, 6.45) is -3.93. The Morgan fingerprint density at radius 3 is 2.71 bits per heavy atom. The van der Waals surface area contributed by atoms with Crippen molar-refractivity contribution in [2.75, 3.05) is 26.2 Å². The van der Waals surface area contributed by atoms with Gasteiger partial charge >= 0.3 is 6.18 Å². The molecule has 0 radical (unpaired) electrons. The SMILES string of the molecule is O=C(Cn1c(C(F)(F)F)cccc1=O)N1CCCNCC1. The molecule has 1 amide bonds. The van der Waals surface area contributed by atoms with Crippen LogP contribution >= 0.6 is 0 Å². The highest BCUT2D eigenvalue weighted by Crippen LogP contribution is 2.28. The van der Waals surface area contributed by atoms with Gasteiger partial charge in [0.05, 0.1) is 0 Å². The zero-order valence-corrected chi connectivity index (χ0v) is 11.3. The lowest BCUT2D eigenvalue weighted by Crippen LogP contribution is -2.40. The van der Waals surface area contributed by atoms with E-state index in [-0.39, 0.29) is 0 Å². The topological polar surface area (TPSA) is 54.3 Å². The third kappa shape index (κ3) is 3.84. The minimum atomic E-state index is -4.67. The van der Waals surface area contributed by atoms with Crippen molar-refractivity contribution < 1.29 is 18.0 Å². The van der Waals surface area contributed by atoms with Crippen molar-refractivity contribution in [2.24, 2.45) is 0 Å². The number of carbonyl (C=O) groups is 1. The van der Waals surface area contributed by atoms with E-state index in [0.717, 1.165) is 31.2 Å². The second kappa shape index (κ2) is 6.30. The fourth-order valence-electron chi connectivity index (χ4n) is 2.26. The Hall–Kier alpha value is -1.83. The lowest BCUT2D eigenvalue weighted by atomic mass is 10.3. The lowest BCUT2D eigenvalue weighted by molar-refractivity contribution is -0.145. The first-order valence-corrected chi connectivity index (χ1v) is 6.65. The van der Waals surface area contributed by atoms with Gasteiger partial charge in [-0.15, -0.1) is 0 Å². The number of amides is 1. The van der Waals surface area contributed by atoms with Crippen LogP contribution in [0.4, 0.5) is 13.2 Å². The van der Waals surface area contributed by atoms with Crippen LogP contribution in [0.5, 0.6) is 0 Å². The second-order valence-corrected chi connectivity index (χ2v) is 4.82. The first-order chi connectivity index (χ1) is 9.89. The Morgan fingerprint density at radius 2 is 2.00 bits per heavy atom. The molecule has 116 valence electrons. The van der Waals surface area contributed by atoms with E-state index in [9.17, 15) is 22.8 Å². The molecule has 1 fully saturated rings. The number of aromatic nitrogens is 1. The van der Waals surface area contributed by atoms with E-state index >= 15 is 0 Å². The maximum absolute atomic E-state index is 12.9. The van der Waals surface area contributed by atoms with Gasteiger partial charge in [0.15, 0.2) is 0 Å². The molecule has 0 bridgehead atoms. The quantitative estimate of drug-likeness (QED) is 0.874. The number of nitrogens with one attached hydrogen (secondary N) is 1. The zero-order valence-electron chi connectivity index (χ0n) is 11.3. The van der Waals surface area contributed by atoms with Gasteiger partial charge in [-0.1, -0.05) is 6.07 Å². The smallest absolute Gasteiger partial charge is 0.340 e. The third-order valence-corrected chi connectivity index (χ3v) is 3.33. The number of hydrogen-bond donors (Lipinski definition) is 1. The predicted molar refractivity (Wildman–Crippen MR) is 69.8 cm³/mol. The summed E-state index contributed by atoms with van der Waals surface area (Å²) < 4.78 is 39.2. The number of rotatable bonds is 2. The molecule has 1 aliphatic rings. The van der Waals surface area contributed by atoms with Gasteiger partial charge in [0.25, 0.3) is 5.56 Å². The van der Waals surface area contributed by atoms with E-state index in [1.165, 1.54) is 4.90 Å². The fourth-order valence-corrected chi connectivity index (χ4v) is 2.26. The minimum absolute atomic E-state index is 0.432. The molecule has 8 heteroatoms. The molecule has 0 spiro atoms. The van der Waals surface area contributed by atoms with Crippen molar-refractivity contribution >= 4 is 5.91 Å². The molecule has 1 saturated heterocycles. The summed E-state index contributed by atoms with van der Waals surface area (Å²) in [6, 6.07) is 2.87. The van der Waals surface area contributed by atoms with E-state index in [0.29, 0.717) is 24.2 Å². The van der Waals surface area contributed by atoms with E-state index in [4.69, 9.17) is 0 Å². The highest BCUT2D eigenvalue weighted by molar-refractivity contribution is 5.76. The third-order valence-electron chi connectivity index (χ3n) is 3.33. The molecule has 0 aliphatic carbocycles. The maximum atomic E-state index is 12.9. The second-order valence-electron chi connectivity index (χ2n) is 4.82. The average molecular weight is 303 g/mol. The standard InChI is InChI=1S/C13H16F3N3O2/c14-13(15,16)10-3-1-4-11(20)19(10)9-12(21)18-7-2-5-17-6-8-18/h1,3-4,17H,2,5-9H2. The Bertz CT molecular complexity index is 561. The van der Waals surface area contributed by atoms with Crippen LogP contribution in [0.3, 0.4) is 0 Å². The Labute approximate surface area is 119 Å². The number of pyridine rings is 1. The fraction of sp³-hybridized carbons (Fsp3) is 0.538. The van der Waals surface area contributed by atoms with Crippen LogP contribution < -0.4 is 10.9 Å². The summed E-state index contributed by atoms with van der Waals surface area (Å²) in [5, 5.41) is 3.10. The predicted octanol–water partition coefficient (Wildman–Crippen LogP) is 0.689. The van der Waals surface area contributed by atoms with Gasteiger partial charge in [-0.2, -0.15) is 13.2 Å². The summed E-state index contributed by atoms with van der Waals surface area (Å²) in [5.74, 6) is -0.475. The highest BCUT2D eigenvalue weighted by atomic mass is 19.4. The molecular weight excluding hydrogens is 287 g/mol. The molecule has 0 atom stereocenters. The van der Waals surface area contributed by atoms with Crippen molar-refractivity contribution in [1.29, 1.82) is 0 Å². The van der Waals surface area contributed by atoms with Crippen LogP contribution in [-0.4, -0.2) is 41.6 Å². The molecule has 21 heavy (non-hydrogen) atoms. The first-order valence-electron chi connectivity index (χ1n) is 6.65. The largest absolute Gasteiger partial charge is 0.431 e. The van der Waals surface area contributed by atoms with Gasteiger partial charge in [-0.25, -0.2) is 0 Å². The molecule has 5 nitrogen and oxygen atoms in total. The number of alkyl halides is 3. The molecule has 1 aromatic rings. The number of carbonyl (C=O) groups excluding carboxylic acids is 1. The molecule has 1 N–H and O–H groups in total. The number of halogens is 3. The summed E-state index contributed by atoms with van der Waals surface area (Å²) in [5.41, 5.74) is -1.93. The molecule has 0 saturated carbocycles. The number of hydrogen-bond acceptors (Lipinski definition) is 3. The van der Waals surface area contributed by atoms with Crippen LogP contribution in [0.15, 0.2) is 23.0 Å². The summed E-state index contributed by atoms with van der Waals surface area (Å²) >= 11 is 0.